The van der Waals surface area contributed by atoms with Gasteiger partial charge in [0, 0.05) is 26.2 Å². The Morgan fingerprint density at radius 2 is 1.83 bits per heavy atom. The van der Waals surface area contributed by atoms with Gasteiger partial charge >= 0.3 is 0 Å². The van der Waals surface area contributed by atoms with Crippen molar-refractivity contribution in [3.63, 3.8) is 0 Å². The maximum Gasteiger partial charge on any atom is 0.290 e. The second kappa shape index (κ2) is 10.3. The van der Waals surface area contributed by atoms with Crippen LogP contribution in [-0.4, -0.2) is 68.8 Å². The van der Waals surface area contributed by atoms with Crippen molar-refractivity contribution in [1.82, 2.24) is 9.80 Å². The van der Waals surface area contributed by atoms with E-state index in [1.165, 1.54) is 0 Å². The molecule has 5 rings (SSSR count). The van der Waals surface area contributed by atoms with Crippen molar-refractivity contribution in [2.45, 2.75) is 26.3 Å². The zero-order chi connectivity index (χ0) is 25.2. The molecule has 8 heteroatoms. The molecule has 2 aromatic carbocycles. The van der Waals surface area contributed by atoms with Gasteiger partial charge in [0.2, 0.25) is 5.76 Å². The van der Waals surface area contributed by atoms with Crippen LogP contribution in [0.15, 0.2) is 45.6 Å². The smallest absolute Gasteiger partial charge is 0.290 e. The molecule has 8 nitrogen and oxygen atoms in total. The molecule has 0 radical (unpaired) electrons. The van der Waals surface area contributed by atoms with Crippen molar-refractivity contribution >= 4 is 16.9 Å². The Labute approximate surface area is 210 Å². The van der Waals surface area contributed by atoms with Crippen LogP contribution in [0, 0.1) is 6.92 Å². The molecular formula is C28H32N2O6. The van der Waals surface area contributed by atoms with E-state index < -0.39 is 6.04 Å². The molecule has 0 N–H and O–H groups in total. The molecule has 36 heavy (non-hydrogen) atoms. The molecule has 190 valence electrons. The monoisotopic (exact) mass is 492 g/mol. The number of carbonyl (C=O) groups excluding carboxylic acids is 1. The second-order valence-electron chi connectivity index (χ2n) is 9.23. The summed E-state index contributed by atoms with van der Waals surface area (Å²) >= 11 is 0. The molecule has 1 saturated heterocycles. The predicted molar refractivity (Wildman–Crippen MR) is 136 cm³/mol. The molecule has 0 spiro atoms. The fourth-order valence-corrected chi connectivity index (χ4v) is 5.13. The molecule has 0 saturated carbocycles. The zero-order valence-corrected chi connectivity index (χ0v) is 21.0. The van der Waals surface area contributed by atoms with E-state index in [4.69, 9.17) is 18.6 Å². The number of hydrogen-bond donors (Lipinski definition) is 0. The quantitative estimate of drug-likeness (QED) is 0.473. The van der Waals surface area contributed by atoms with Gasteiger partial charge < -0.3 is 23.5 Å². The summed E-state index contributed by atoms with van der Waals surface area (Å²) in [5.74, 6) is 1.04. The number of nitrogens with zero attached hydrogens (tertiary/aromatic N) is 2. The summed E-state index contributed by atoms with van der Waals surface area (Å²) in [7, 11) is 1.58. The lowest BCUT2D eigenvalue weighted by Gasteiger charge is -2.29. The van der Waals surface area contributed by atoms with Gasteiger partial charge in [0.25, 0.3) is 5.91 Å². The number of ether oxygens (including phenoxy) is 3. The van der Waals surface area contributed by atoms with Crippen LogP contribution >= 0.6 is 0 Å². The lowest BCUT2D eigenvalue weighted by molar-refractivity contribution is 0.0353. The van der Waals surface area contributed by atoms with E-state index in [9.17, 15) is 9.59 Å². The first-order chi connectivity index (χ1) is 17.5. The standard InChI is InChI=1S/C28H32N2O6/c1-4-35-22-9-7-19(17-23(22)33-3)25-24-26(31)20-16-18(2)6-8-21(20)36-27(24)28(32)30(25)11-5-10-29-12-14-34-15-13-29/h6-9,16-17,25H,4-5,10-15H2,1-3H3. The summed E-state index contributed by atoms with van der Waals surface area (Å²) in [6.45, 7) is 8.93. The first-order valence-corrected chi connectivity index (χ1v) is 12.5. The number of aryl methyl sites for hydroxylation is 1. The maximum atomic E-state index is 13.8. The Bertz CT molecular complexity index is 1330. The zero-order valence-electron chi connectivity index (χ0n) is 21.0. The van der Waals surface area contributed by atoms with Crippen LogP contribution in [0.2, 0.25) is 0 Å². The van der Waals surface area contributed by atoms with Gasteiger partial charge in [-0.3, -0.25) is 14.5 Å². The Kier molecular flexibility index (Phi) is 6.98. The van der Waals surface area contributed by atoms with Crippen molar-refractivity contribution in [1.29, 1.82) is 0 Å². The molecule has 1 unspecified atom stereocenters. The number of carbonyl (C=O) groups is 1. The van der Waals surface area contributed by atoms with Gasteiger partial charge in [-0.2, -0.15) is 0 Å². The van der Waals surface area contributed by atoms with E-state index in [-0.39, 0.29) is 17.1 Å². The van der Waals surface area contributed by atoms with Gasteiger partial charge in [-0.1, -0.05) is 17.7 Å². The number of amides is 1. The van der Waals surface area contributed by atoms with Crippen LogP contribution in [0.4, 0.5) is 0 Å². The highest BCUT2D eigenvalue weighted by molar-refractivity contribution is 5.99. The molecule has 1 aromatic heterocycles. The normalized spacial score (nSPS) is 18.0. The Balaban J connectivity index is 1.56. The Hall–Kier alpha value is -3.36. The third-order valence-electron chi connectivity index (χ3n) is 6.90. The lowest BCUT2D eigenvalue weighted by Crippen LogP contribution is -2.38. The highest BCUT2D eigenvalue weighted by Crippen LogP contribution is 2.41. The largest absolute Gasteiger partial charge is 0.493 e. The molecule has 1 amide bonds. The van der Waals surface area contributed by atoms with E-state index in [2.05, 4.69) is 4.90 Å². The molecule has 2 aliphatic heterocycles. The first kappa shape index (κ1) is 24.3. The predicted octanol–water partition coefficient (Wildman–Crippen LogP) is 3.78. The van der Waals surface area contributed by atoms with Gasteiger partial charge in [0.05, 0.1) is 43.9 Å². The minimum atomic E-state index is -0.567. The van der Waals surface area contributed by atoms with Crippen molar-refractivity contribution in [2.24, 2.45) is 0 Å². The van der Waals surface area contributed by atoms with Crippen LogP contribution < -0.4 is 14.9 Å². The molecular weight excluding hydrogens is 460 g/mol. The molecule has 0 aliphatic carbocycles. The maximum absolute atomic E-state index is 13.8. The average Bonchev–Trinajstić information content (AvgIpc) is 3.17. The van der Waals surface area contributed by atoms with Crippen LogP contribution in [0.1, 0.15) is 46.6 Å². The number of rotatable bonds is 8. The Morgan fingerprint density at radius 1 is 1.03 bits per heavy atom. The number of methoxy groups -OCH3 is 1. The fraction of sp³-hybridized carbons (Fsp3) is 0.429. The van der Waals surface area contributed by atoms with Crippen LogP contribution in [0.25, 0.3) is 11.0 Å². The number of hydrogen-bond acceptors (Lipinski definition) is 7. The summed E-state index contributed by atoms with van der Waals surface area (Å²) in [5.41, 5.74) is 2.39. The SMILES string of the molecule is CCOc1ccc(C2c3c(oc4ccc(C)cc4c3=O)C(=O)N2CCCN2CCOCC2)cc1OC. The van der Waals surface area contributed by atoms with Crippen molar-refractivity contribution < 1.29 is 23.4 Å². The van der Waals surface area contributed by atoms with Gasteiger partial charge in [-0.25, -0.2) is 0 Å². The highest BCUT2D eigenvalue weighted by Gasteiger charge is 2.42. The third kappa shape index (κ3) is 4.47. The number of fused-ring (bicyclic) bond motifs is 2. The molecule has 3 heterocycles. The van der Waals surface area contributed by atoms with Crippen molar-refractivity contribution in [3.05, 3.63) is 69.1 Å². The second-order valence-corrected chi connectivity index (χ2v) is 9.23. The number of benzene rings is 2. The van der Waals surface area contributed by atoms with Crippen molar-refractivity contribution in [3.8, 4) is 11.5 Å². The topological polar surface area (TPSA) is 81.5 Å². The summed E-state index contributed by atoms with van der Waals surface area (Å²) in [6, 6.07) is 10.5. The molecule has 0 bridgehead atoms. The lowest BCUT2D eigenvalue weighted by atomic mass is 9.97. The van der Waals surface area contributed by atoms with Crippen LogP contribution in [0.5, 0.6) is 11.5 Å². The summed E-state index contributed by atoms with van der Waals surface area (Å²) in [5, 5.41) is 0.486. The van der Waals surface area contributed by atoms with Gasteiger partial charge in [-0.15, -0.1) is 0 Å². The van der Waals surface area contributed by atoms with E-state index in [1.54, 1.807) is 18.1 Å². The van der Waals surface area contributed by atoms with E-state index in [0.29, 0.717) is 41.2 Å². The number of morpholine rings is 1. The fourth-order valence-electron chi connectivity index (χ4n) is 5.13. The average molecular weight is 493 g/mol. The van der Waals surface area contributed by atoms with Gasteiger partial charge in [0.15, 0.2) is 16.9 Å². The van der Waals surface area contributed by atoms with Gasteiger partial charge in [0.1, 0.15) is 5.58 Å². The van der Waals surface area contributed by atoms with E-state index in [0.717, 1.165) is 50.4 Å². The molecule has 1 fully saturated rings. The van der Waals surface area contributed by atoms with Crippen LogP contribution in [0.3, 0.4) is 0 Å². The summed E-state index contributed by atoms with van der Waals surface area (Å²) in [4.78, 5) is 31.5. The highest BCUT2D eigenvalue weighted by atomic mass is 16.5. The molecule has 1 atom stereocenters. The van der Waals surface area contributed by atoms with E-state index >= 15 is 0 Å². The van der Waals surface area contributed by atoms with Crippen LogP contribution in [-0.2, 0) is 4.74 Å². The first-order valence-electron chi connectivity index (χ1n) is 12.5. The third-order valence-corrected chi connectivity index (χ3v) is 6.90. The Morgan fingerprint density at radius 3 is 2.58 bits per heavy atom. The van der Waals surface area contributed by atoms with E-state index in [1.807, 2.05) is 44.2 Å². The van der Waals surface area contributed by atoms with Crippen molar-refractivity contribution in [2.75, 3.05) is 53.1 Å². The summed E-state index contributed by atoms with van der Waals surface area (Å²) in [6.07, 6.45) is 0.775. The minimum absolute atomic E-state index is 0.126. The molecule has 2 aliphatic rings. The molecule has 3 aromatic rings. The summed E-state index contributed by atoms with van der Waals surface area (Å²) < 4.78 is 22.8. The van der Waals surface area contributed by atoms with Gasteiger partial charge in [-0.05, 0) is 50.1 Å². The minimum Gasteiger partial charge on any atom is -0.493 e.